The molecule has 1 rings (SSSR count). The average molecular weight is 238 g/mol. The first-order valence-corrected chi connectivity index (χ1v) is 5.27. The van der Waals surface area contributed by atoms with Crippen LogP contribution in [-0.2, 0) is 11.3 Å². The summed E-state index contributed by atoms with van der Waals surface area (Å²) in [6.07, 6.45) is 0. The lowest BCUT2D eigenvalue weighted by molar-refractivity contribution is -0.123. The van der Waals surface area contributed by atoms with Crippen LogP contribution in [-0.4, -0.2) is 23.7 Å². The van der Waals surface area contributed by atoms with Gasteiger partial charge in [0.25, 0.3) is 0 Å². The molecule has 0 aliphatic carbocycles. The third-order valence-corrected chi connectivity index (χ3v) is 2.63. The van der Waals surface area contributed by atoms with Gasteiger partial charge in [0, 0.05) is 18.2 Å². The number of benzene rings is 1. The number of primary amides is 1. The Hall–Kier alpha value is -1.75. The third-order valence-electron chi connectivity index (χ3n) is 2.63. The highest BCUT2D eigenvalue weighted by atomic mass is 16.5. The predicted molar refractivity (Wildman–Crippen MR) is 64.8 cm³/mol. The van der Waals surface area contributed by atoms with E-state index in [9.17, 15) is 9.90 Å². The highest BCUT2D eigenvalue weighted by molar-refractivity contribution is 5.83. The molecule has 0 saturated heterocycles. The van der Waals surface area contributed by atoms with Crippen LogP contribution < -0.4 is 15.8 Å². The van der Waals surface area contributed by atoms with Crippen molar-refractivity contribution in [3.8, 4) is 11.5 Å². The number of carbonyl (C=O) groups is 1. The fraction of sp³-hybridized carbons (Fsp3) is 0.417. The summed E-state index contributed by atoms with van der Waals surface area (Å²) in [5, 5.41) is 12.7. The van der Waals surface area contributed by atoms with E-state index in [1.165, 1.54) is 13.2 Å². The van der Waals surface area contributed by atoms with Crippen molar-refractivity contribution in [2.45, 2.75) is 25.9 Å². The highest BCUT2D eigenvalue weighted by Gasteiger charge is 2.24. The molecule has 17 heavy (non-hydrogen) atoms. The fourth-order valence-corrected chi connectivity index (χ4v) is 1.22. The standard InChI is InChI=1S/C12H18N2O3/c1-12(2,11(13)16)14-7-8-4-5-9(17-3)6-10(8)15/h4-6,14-15H,7H2,1-3H3,(H2,13,16). The number of phenols is 1. The van der Waals surface area contributed by atoms with E-state index in [1.807, 2.05) is 0 Å². The van der Waals surface area contributed by atoms with Gasteiger partial charge in [-0.1, -0.05) is 6.07 Å². The predicted octanol–water partition coefficient (Wildman–Crippen LogP) is 0.754. The van der Waals surface area contributed by atoms with Crippen molar-refractivity contribution in [3.05, 3.63) is 23.8 Å². The van der Waals surface area contributed by atoms with Gasteiger partial charge < -0.3 is 15.6 Å². The van der Waals surface area contributed by atoms with Crippen LogP contribution in [0.1, 0.15) is 19.4 Å². The van der Waals surface area contributed by atoms with Gasteiger partial charge in [-0.25, -0.2) is 0 Å². The van der Waals surface area contributed by atoms with Gasteiger partial charge in [0.15, 0.2) is 0 Å². The normalized spacial score (nSPS) is 11.2. The maximum absolute atomic E-state index is 11.1. The molecule has 0 aromatic heterocycles. The van der Waals surface area contributed by atoms with Crippen molar-refractivity contribution < 1.29 is 14.6 Å². The number of hydrogen-bond donors (Lipinski definition) is 3. The zero-order valence-electron chi connectivity index (χ0n) is 10.3. The summed E-state index contributed by atoms with van der Waals surface area (Å²) < 4.78 is 4.98. The molecular weight excluding hydrogens is 220 g/mol. The summed E-state index contributed by atoms with van der Waals surface area (Å²) in [4.78, 5) is 11.1. The number of nitrogens with one attached hydrogen (secondary N) is 1. The van der Waals surface area contributed by atoms with Crippen LogP contribution in [0.15, 0.2) is 18.2 Å². The Labute approximate surface area is 101 Å². The number of carbonyl (C=O) groups excluding carboxylic acids is 1. The molecule has 0 aliphatic rings. The van der Waals surface area contributed by atoms with E-state index in [1.54, 1.807) is 26.0 Å². The first-order valence-electron chi connectivity index (χ1n) is 5.27. The van der Waals surface area contributed by atoms with E-state index in [2.05, 4.69) is 5.32 Å². The van der Waals surface area contributed by atoms with Gasteiger partial charge in [-0.05, 0) is 19.9 Å². The molecule has 5 nitrogen and oxygen atoms in total. The first kappa shape index (κ1) is 13.3. The molecule has 0 heterocycles. The van der Waals surface area contributed by atoms with E-state index in [0.29, 0.717) is 17.9 Å². The Kier molecular flexibility index (Phi) is 3.96. The number of ether oxygens (including phenoxy) is 1. The molecule has 0 radical (unpaired) electrons. The monoisotopic (exact) mass is 238 g/mol. The van der Waals surface area contributed by atoms with Crippen LogP contribution in [0.25, 0.3) is 0 Å². The number of methoxy groups -OCH3 is 1. The molecule has 1 aromatic carbocycles. The molecule has 0 spiro atoms. The molecule has 0 atom stereocenters. The van der Waals surface area contributed by atoms with E-state index < -0.39 is 11.4 Å². The lowest BCUT2D eigenvalue weighted by atomic mass is 10.0. The third kappa shape index (κ3) is 3.35. The van der Waals surface area contributed by atoms with Crippen molar-refractivity contribution in [1.29, 1.82) is 0 Å². The molecule has 1 amide bonds. The minimum absolute atomic E-state index is 0.122. The summed E-state index contributed by atoms with van der Waals surface area (Å²) in [6.45, 7) is 3.73. The van der Waals surface area contributed by atoms with Gasteiger partial charge >= 0.3 is 0 Å². The van der Waals surface area contributed by atoms with Gasteiger partial charge in [0.05, 0.1) is 12.6 Å². The lowest BCUT2D eigenvalue weighted by Gasteiger charge is -2.22. The minimum atomic E-state index is -0.813. The summed E-state index contributed by atoms with van der Waals surface area (Å²) >= 11 is 0. The molecule has 0 unspecified atom stereocenters. The van der Waals surface area contributed by atoms with E-state index in [4.69, 9.17) is 10.5 Å². The maximum Gasteiger partial charge on any atom is 0.237 e. The molecule has 5 heteroatoms. The molecule has 0 fully saturated rings. The Morgan fingerprint density at radius 1 is 1.53 bits per heavy atom. The van der Waals surface area contributed by atoms with Crippen LogP contribution in [0, 0.1) is 0 Å². The van der Waals surface area contributed by atoms with Gasteiger partial charge in [0.2, 0.25) is 5.91 Å². The van der Waals surface area contributed by atoms with Crippen LogP contribution in [0.5, 0.6) is 11.5 Å². The minimum Gasteiger partial charge on any atom is -0.507 e. The summed E-state index contributed by atoms with van der Waals surface area (Å²) in [5.41, 5.74) is 5.10. The van der Waals surface area contributed by atoms with Crippen LogP contribution >= 0.6 is 0 Å². The van der Waals surface area contributed by atoms with Crippen molar-refractivity contribution in [1.82, 2.24) is 5.32 Å². The largest absolute Gasteiger partial charge is 0.507 e. The fourth-order valence-electron chi connectivity index (χ4n) is 1.22. The smallest absolute Gasteiger partial charge is 0.237 e. The number of aromatic hydroxyl groups is 1. The maximum atomic E-state index is 11.1. The van der Waals surface area contributed by atoms with Gasteiger partial charge in [-0.15, -0.1) is 0 Å². The number of rotatable bonds is 5. The Morgan fingerprint density at radius 3 is 2.65 bits per heavy atom. The zero-order valence-corrected chi connectivity index (χ0v) is 10.3. The van der Waals surface area contributed by atoms with Crippen LogP contribution in [0.2, 0.25) is 0 Å². The molecule has 94 valence electrons. The molecule has 0 bridgehead atoms. The molecule has 0 aliphatic heterocycles. The van der Waals surface area contributed by atoms with Gasteiger partial charge in [-0.2, -0.15) is 0 Å². The Bertz CT molecular complexity index is 416. The quantitative estimate of drug-likeness (QED) is 0.707. The van der Waals surface area contributed by atoms with Gasteiger partial charge in [0.1, 0.15) is 11.5 Å². The van der Waals surface area contributed by atoms with Crippen molar-refractivity contribution in [2.24, 2.45) is 5.73 Å². The second-order valence-corrected chi connectivity index (χ2v) is 4.34. The van der Waals surface area contributed by atoms with E-state index in [0.717, 1.165) is 0 Å². The number of hydrogen-bond acceptors (Lipinski definition) is 4. The SMILES string of the molecule is COc1ccc(CNC(C)(C)C(N)=O)c(O)c1. The Balaban J connectivity index is 2.73. The summed E-state index contributed by atoms with van der Waals surface area (Å²) in [7, 11) is 1.53. The second-order valence-electron chi connectivity index (χ2n) is 4.34. The van der Waals surface area contributed by atoms with Crippen LogP contribution in [0.4, 0.5) is 0 Å². The van der Waals surface area contributed by atoms with Crippen molar-refractivity contribution in [2.75, 3.05) is 7.11 Å². The number of nitrogens with two attached hydrogens (primary N) is 1. The average Bonchev–Trinajstić information content (AvgIpc) is 2.27. The van der Waals surface area contributed by atoms with Crippen LogP contribution in [0.3, 0.4) is 0 Å². The van der Waals surface area contributed by atoms with Gasteiger partial charge in [-0.3, -0.25) is 10.1 Å². The number of amides is 1. The van der Waals surface area contributed by atoms with E-state index in [-0.39, 0.29) is 5.75 Å². The second kappa shape index (κ2) is 5.05. The van der Waals surface area contributed by atoms with E-state index >= 15 is 0 Å². The molecular formula is C12H18N2O3. The van der Waals surface area contributed by atoms with Crippen molar-refractivity contribution >= 4 is 5.91 Å². The molecule has 4 N–H and O–H groups in total. The topological polar surface area (TPSA) is 84.6 Å². The summed E-state index contributed by atoms with van der Waals surface area (Å²) in [6, 6.07) is 5.00. The summed E-state index contributed by atoms with van der Waals surface area (Å²) in [5.74, 6) is 0.267. The Morgan fingerprint density at radius 2 is 2.18 bits per heavy atom. The highest BCUT2D eigenvalue weighted by Crippen LogP contribution is 2.23. The molecule has 0 saturated carbocycles. The zero-order chi connectivity index (χ0) is 13.1. The number of phenolic OH excluding ortho intramolecular Hbond substituents is 1. The lowest BCUT2D eigenvalue weighted by Crippen LogP contribution is -2.50. The molecule has 1 aromatic rings. The first-order chi connectivity index (χ1) is 7.86. The van der Waals surface area contributed by atoms with Crippen molar-refractivity contribution in [3.63, 3.8) is 0 Å².